The zero-order chi connectivity index (χ0) is 61.5. The molecule has 0 radical (unpaired) electrons. The normalized spacial score (nSPS) is 13.2. The van der Waals surface area contributed by atoms with Gasteiger partial charge in [0.2, 0.25) is 0 Å². The quantitative estimate of drug-likeness (QED) is 0.0265. The number of phenols is 4. The fourth-order valence-corrected chi connectivity index (χ4v) is 10.7. The van der Waals surface area contributed by atoms with E-state index < -0.39 is 58.0 Å². The Balaban J connectivity index is 0.000000206. The van der Waals surface area contributed by atoms with Gasteiger partial charge in [0, 0.05) is 94.5 Å². The van der Waals surface area contributed by atoms with Gasteiger partial charge in [-0.25, -0.2) is 19.4 Å². The smallest absolute Gasteiger partial charge is 0.328 e. The molecule has 0 atom stereocenters. The number of amides is 4. The van der Waals surface area contributed by atoms with Crippen molar-refractivity contribution in [3.8, 4) is 45.3 Å². The van der Waals surface area contributed by atoms with Gasteiger partial charge in [-0.2, -0.15) is 0 Å². The standard InChI is InChI=1S/C36H30O8.C34H24N2O6/c1-36(27-11-9-26(10-12-27)25-5-3-2-4-6-25,30-15-7-23(21-32(30)39)19-28(37)13-17-34(41)42)31-16-8-24(22-33(31)40)20-29(38)14-18-35(43)44;1-34(23-9-7-22(8-10-23)21-5-3-2-4-6-21,26-13-11-24(19-28(26)37)35-30(39)15-16-31(35)40)27-14-12-25(20-29(27)38)36-32(41)17-18-33(36)42/h2-18,21-22,39-40H,19-20H2,1H3,(H,41,42)(H,43,44);2-20,37-38H,1H3/b17-13+,18-14+;. The number of carbonyl (C=O) groups excluding carboxylic acids is 6. The lowest BCUT2D eigenvalue weighted by atomic mass is 9.69. The van der Waals surface area contributed by atoms with Crippen molar-refractivity contribution in [3.63, 3.8) is 0 Å². The molecule has 6 N–H and O–H groups in total. The van der Waals surface area contributed by atoms with Crippen LogP contribution in [0.15, 0.2) is 231 Å². The maximum absolute atomic E-state index is 12.2. The Labute approximate surface area is 493 Å². The molecule has 0 spiro atoms. The molecule has 0 saturated heterocycles. The van der Waals surface area contributed by atoms with E-state index in [4.69, 9.17) is 10.2 Å². The van der Waals surface area contributed by atoms with Crippen LogP contribution >= 0.6 is 0 Å². The lowest BCUT2D eigenvalue weighted by molar-refractivity contribution is -0.132. The Kier molecular flexibility index (Phi) is 17.1. The van der Waals surface area contributed by atoms with Gasteiger partial charge in [0.15, 0.2) is 11.6 Å². The molecule has 8 aromatic carbocycles. The molecular formula is C70H54N2O14. The number of anilines is 2. The van der Waals surface area contributed by atoms with Crippen molar-refractivity contribution in [1.82, 2.24) is 0 Å². The van der Waals surface area contributed by atoms with Gasteiger partial charge in [0.1, 0.15) is 23.0 Å². The fourth-order valence-electron chi connectivity index (χ4n) is 10.7. The van der Waals surface area contributed by atoms with Crippen molar-refractivity contribution in [1.29, 1.82) is 0 Å². The van der Waals surface area contributed by atoms with Gasteiger partial charge in [-0.15, -0.1) is 0 Å². The number of rotatable bonds is 18. The first-order valence-electron chi connectivity index (χ1n) is 26.8. The Bertz CT molecular complexity index is 3930. The first kappa shape index (κ1) is 59.1. The minimum absolute atomic E-state index is 0.121. The van der Waals surface area contributed by atoms with Gasteiger partial charge in [0.05, 0.1) is 11.4 Å². The van der Waals surface area contributed by atoms with Crippen molar-refractivity contribution >= 4 is 58.5 Å². The second kappa shape index (κ2) is 24.9. The van der Waals surface area contributed by atoms with E-state index in [1.165, 1.54) is 24.3 Å². The molecule has 2 heterocycles. The predicted octanol–water partition coefficient (Wildman–Crippen LogP) is 10.6. The average molecular weight is 1150 g/mol. The minimum atomic E-state index is -1.24. The van der Waals surface area contributed by atoms with Crippen LogP contribution in [0.4, 0.5) is 11.4 Å². The number of aliphatic carboxylic acids is 2. The Hall–Kier alpha value is -11.5. The summed E-state index contributed by atoms with van der Waals surface area (Å²) in [5.41, 5.74) is 6.18. The maximum Gasteiger partial charge on any atom is 0.328 e. The SMILES string of the molecule is CC(c1ccc(-c2ccccc2)cc1)(c1ccc(CC(=O)/C=C/C(=O)O)cc1O)c1ccc(CC(=O)/C=C/C(=O)O)cc1O.CC(c1ccc(-c2ccccc2)cc1)(c1ccc(N2C(=O)C=CC2=O)cc1O)c1ccc(N2C(=O)C=CC2=O)cc1O. The van der Waals surface area contributed by atoms with E-state index in [0.717, 1.165) is 91.8 Å². The van der Waals surface area contributed by atoms with Gasteiger partial charge in [0.25, 0.3) is 23.6 Å². The summed E-state index contributed by atoms with van der Waals surface area (Å²) >= 11 is 0. The van der Waals surface area contributed by atoms with Crippen LogP contribution in [0, 0.1) is 0 Å². The molecule has 0 fully saturated rings. The second-order valence-corrected chi connectivity index (χ2v) is 20.6. The average Bonchev–Trinajstić information content (AvgIpc) is 1.02. The van der Waals surface area contributed by atoms with E-state index in [0.29, 0.717) is 33.4 Å². The number of aromatic hydroxyl groups is 4. The van der Waals surface area contributed by atoms with Gasteiger partial charge in [-0.3, -0.25) is 28.8 Å². The monoisotopic (exact) mass is 1150 g/mol. The number of carboxylic acid groups (broad SMARTS) is 2. The number of phenolic OH excluding ortho intramolecular Hbond substituents is 4. The van der Waals surface area contributed by atoms with Gasteiger partial charge >= 0.3 is 11.9 Å². The van der Waals surface area contributed by atoms with E-state index in [1.54, 1.807) is 48.5 Å². The maximum atomic E-state index is 12.2. The molecule has 16 heteroatoms. The van der Waals surface area contributed by atoms with Crippen molar-refractivity contribution in [2.45, 2.75) is 37.5 Å². The first-order valence-corrected chi connectivity index (χ1v) is 26.8. The van der Waals surface area contributed by atoms with E-state index in [1.807, 2.05) is 123 Å². The van der Waals surface area contributed by atoms with Gasteiger partial charge < -0.3 is 30.6 Å². The molecule has 0 saturated carbocycles. The second-order valence-electron chi connectivity index (χ2n) is 20.6. The molecule has 86 heavy (non-hydrogen) atoms. The van der Waals surface area contributed by atoms with Gasteiger partial charge in [-0.1, -0.05) is 146 Å². The van der Waals surface area contributed by atoms with Crippen LogP contribution in [0.5, 0.6) is 23.0 Å². The molecule has 4 amide bonds. The van der Waals surface area contributed by atoms with Crippen LogP contribution in [0.1, 0.15) is 58.4 Å². The van der Waals surface area contributed by atoms with Crippen LogP contribution in [0.2, 0.25) is 0 Å². The first-order chi connectivity index (χ1) is 41.1. The lowest BCUT2D eigenvalue weighted by Crippen LogP contribution is -2.31. The van der Waals surface area contributed by atoms with Crippen molar-refractivity contribution in [2.24, 2.45) is 0 Å². The van der Waals surface area contributed by atoms with Crippen molar-refractivity contribution in [3.05, 3.63) is 275 Å². The molecule has 8 aromatic rings. The predicted molar refractivity (Wildman–Crippen MR) is 322 cm³/mol. The Morgan fingerprint density at radius 1 is 0.372 bits per heavy atom. The third kappa shape index (κ3) is 12.4. The molecule has 16 nitrogen and oxygen atoms in total. The Morgan fingerprint density at radius 2 is 0.663 bits per heavy atom. The van der Waals surface area contributed by atoms with Gasteiger partial charge in [-0.05, 0) is 94.8 Å². The molecule has 0 aromatic heterocycles. The number of carboxylic acids is 2. The number of ketones is 2. The summed E-state index contributed by atoms with van der Waals surface area (Å²) in [6.07, 6.45) is 7.86. The topological polar surface area (TPSA) is 264 Å². The molecule has 2 aliphatic rings. The fraction of sp³-hybridized carbons (Fsp3) is 0.0857. The number of nitrogens with zero attached hydrogens (tertiary/aromatic N) is 2. The summed E-state index contributed by atoms with van der Waals surface area (Å²) in [5.74, 6) is -6.09. The molecule has 0 bridgehead atoms. The highest BCUT2D eigenvalue weighted by Gasteiger charge is 2.39. The van der Waals surface area contributed by atoms with E-state index >= 15 is 0 Å². The molecule has 10 rings (SSSR count). The zero-order valence-electron chi connectivity index (χ0n) is 46.2. The minimum Gasteiger partial charge on any atom is -0.508 e. The van der Waals surface area contributed by atoms with E-state index in [2.05, 4.69) is 0 Å². The number of hydrogen-bond donors (Lipinski definition) is 6. The van der Waals surface area contributed by atoms with Crippen molar-refractivity contribution in [2.75, 3.05) is 9.80 Å². The van der Waals surface area contributed by atoms with Crippen LogP contribution < -0.4 is 9.80 Å². The molecule has 0 unspecified atom stereocenters. The summed E-state index contributed by atoms with van der Waals surface area (Å²) in [4.78, 5) is 96.8. The number of hydrogen-bond acceptors (Lipinski definition) is 12. The van der Waals surface area contributed by atoms with Crippen LogP contribution in [0.3, 0.4) is 0 Å². The van der Waals surface area contributed by atoms with Crippen molar-refractivity contribution < 1.29 is 69.0 Å². The summed E-state index contributed by atoms with van der Waals surface area (Å²) < 4.78 is 0. The zero-order valence-corrected chi connectivity index (χ0v) is 46.2. The molecular weight excluding hydrogens is 1090 g/mol. The van der Waals surface area contributed by atoms with Crippen LogP contribution in [0.25, 0.3) is 22.3 Å². The highest BCUT2D eigenvalue weighted by molar-refractivity contribution is 6.29. The summed E-state index contributed by atoms with van der Waals surface area (Å²) in [7, 11) is 0. The number of benzene rings is 8. The molecule has 428 valence electrons. The Morgan fingerprint density at radius 3 is 0.953 bits per heavy atom. The summed E-state index contributed by atoms with van der Waals surface area (Å²) in [6, 6.07) is 53.6. The number of imide groups is 2. The van der Waals surface area contributed by atoms with E-state index in [-0.39, 0.29) is 47.2 Å². The largest absolute Gasteiger partial charge is 0.508 e. The van der Waals surface area contributed by atoms with Crippen LogP contribution in [-0.2, 0) is 62.0 Å². The number of carbonyl (C=O) groups is 8. The highest BCUT2D eigenvalue weighted by Crippen LogP contribution is 2.49. The highest BCUT2D eigenvalue weighted by atomic mass is 16.4. The van der Waals surface area contributed by atoms with Crippen LogP contribution in [-0.4, -0.2) is 77.8 Å². The summed E-state index contributed by atoms with van der Waals surface area (Å²) in [6.45, 7) is 3.67. The molecule has 2 aliphatic heterocycles. The third-order valence-electron chi connectivity index (χ3n) is 15.1. The third-order valence-corrected chi connectivity index (χ3v) is 15.1. The summed E-state index contributed by atoms with van der Waals surface area (Å²) in [5, 5.41) is 62.8. The molecule has 0 aliphatic carbocycles. The number of allylic oxidation sites excluding steroid dienone is 2. The van der Waals surface area contributed by atoms with E-state index in [9.17, 15) is 58.8 Å². The lowest BCUT2D eigenvalue weighted by Gasteiger charge is -2.34.